The van der Waals surface area contributed by atoms with Gasteiger partial charge < -0.3 is 15.0 Å². The summed E-state index contributed by atoms with van der Waals surface area (Å²) in [7, 11) is 1.50. The predicted octanol–water partition coefficient (Wildman–Crippen LogP) is 3.83. The fraction of sp³-hybridized carbons (Fsp3) is 0.292. The molecule has 4 rings (SSSR count). The molecule has 2 amide bonds. The van der Waals surface area contributed by atoms with Gasteiger partial charge in [0.15, 0.2) is 6.10 Å². The number of likely N-dealkylation sites (tertiary alicyclic amines) is 1. The maximum absolute atomic E-state index is 13.5. The molecule has 32 heavy (non-hydrogen) atoms. The number of aromatic nitrogens is 2. The Balaban J connectivity index is 1.40. The first-order valence-corrected chi connectivity index (χ1v) is 10.5. The molecule has 1 aliphatic heterocycles. The van der Waals surface area contributed by atoms with Crippen molar-refractivity contribution in [2.75, 3.05) is 25.5 Å². The number of hydrogen-bond donors (Lipinski definition) is 1. The molecular weight excluding hydrogens is 411 g/mol. The second-order valence-corrected chi connectivity index (χ2v) is 7.71. The van der Waals surface area contributed by atoms with Gasteiger partial charge in [-0.3, -0.25) is 9.59 Å². The second kappa shape index (κ2) is 9.74. The van der Waals surface area contributed by atoms with E-state index in [-0.39, 0.29) is 17.9 Å². The van der Waals surface area contributed by atoms with Crippen LogP contribution in [-0.2, 0) is 9.53 Å². The van der Waals surface area contributed by atoms with Gasteiger partial charge in [0, 0.05) is 31.8 Å². The van der Waals surface area contributed by atoms with Crippen LogP contribution in [0.25, 0.3) is 0 Å². The van der Waals surface area contributed by atoms with Crippen molar-refractivity contribution >= 4 is 17.6 Å². The molecule has 1 N–H and O–H groups in total. The lowest BCUT2D eigenvalue weighted by Crippen LogP contribution is -2.39. The van der Waals surface area contributed by atoms with Crippen LogP contribution in [0.2, 0.25) is 0 Å². The molecule has 1 aliphatic rings. The number of anilines is 1. The van der Waals surface area contributed by atoms with Crippen LogP contribution in [0.15, 0.2) is 66.9 Å². The van der Waals surface area contributed by atoms with Crippen LogP contribution in [0, 0.1) is 5.82 Å². The van der Waals surface area contributed by atoms with Gasteiger partial charge in [-0.25, -0.2) is 9.07 Å². The standard InChI is InChI=1S/C24H25FN4O3/c1-32-22(17-6-3-2-4-7-17)23(30)27-21-10-13-26-29(21)20-11-14-28(15-12-20)24(31)18-8-5-9-19(25)16-18/h2-10,13,16,20,22H,11-12,14-15H2,1H3,(H,27,30)/t22-/m1/s1. The average molecular weight is 436 g/mol. The number of nitrogens with one attached hydrogen (secondary N) is 1. The summed E-state index contributed by atoms with van der Waals surface area (Å²) in [6.45, 7) is 1.05. The molecule has 1 atom stereocenters. The number of methoxy groups -OCH3 is 1. The predicted molar refractivity (Wildman–Crippen MR) is 118 cm³/mol. The van der Waals surface area contributed by atoms with E-state index in [4.69, 9.17) is 4.74 Å². The molecular formula is C24H25FN4O3. The molecule has 8 heteroatoms. The van der Waals surface area contributed by atoms with Crippen molar-refractivity contribution in [2.24, 2.45) is 0 Å². The average Bonchev–Trinajstić information content (AvgIpc) is 3.28. The lowest BCUT2D eigenvalue weighted by atomic mass is 10.0. The monoisotopic (exact) mass is 436 g/mol. The van der Waals surface area contributed by atoms with Crippen LogP contribution in [0.4, 0.5) is 10.2 Å². The number of ether oxygens (including phenoxy) is 1. The zero-order valence-corrected chi connectivity index (χ0v) is 17.8. The highest BCUT2D eigenvalue weighted by molar-refractivity contribution is 5.94. The van der Waals surface area contributed by atoms with Crippen LogP contribution >= 0.6 is 0 Å². The Hall–Kier alpha value is -3.52. The minimum atomic E-state index is -0.731. The summed E-state index contributed by atoms with van der Waals surface area (Å²) in [5.41, 5.74) is 1.12. The zero-order chi connectivity index (χ0) is 22.5. The Morgan fingerprint density at radius 2 is 1.84 bits per heavy atom. The molecule has 2 aromatic carbocycles. The van der Waals surface area contributed by atoms with E-state index in [0.29, 0.717) is 37.3 Å². The first-order chi connectivity index (χ1) is 15.6. The lowest BCUT2D eigenvalue weighted by molar-refractivity contribution is -0.126. The van der Waals surface area contributed by atoms with Crippen LogP contribution < -0.4 is 5.32 Å². The number of carbonyl (C=O) groups is 2. The molecule has 1 fully saturated rings. The number of rotatable bonds is 6. The van der Waals surface area contributed by atoms with Gasteiger partial charge in [0.2, 0.25) is 0 Å². The van der Waals surface area contributed by atoms with E-state index < -0.39 is 11.9 Å². The van der Waals surface area contributed by atoms with Gasteiger partial charge in [-0.1, -0.05) is 36.4 Å². The van der Waals surface area contributed by atoms with Gasteiger partial charge in [0.25, 0.3) is 11.8 Å². The highest BCUT2D eigenvalue weighted by Gasteiger charge is 2.27. The third-order valence-corrected chi connectivity index (χ3v) is 5.67. The Labute approximate surface area is 185 Å². The highest BCUT2D eigenvalue weighted by Crippen LogP contribution is 2.27. The molecule has 7 nitrogen and oxygen atoms in total. The third kappa shape index (κ3) is 4.70. The summed E-state index contributed by atoms with van der Waals surface area (Å²) in [4.78, 5) is 27.2. The fourth-order valence-electron chi connectivity index (χ4n) is 4.04. The maximum atomic E-state index is 13.5. The molecule has 1 saturated heterocycles. The molecule has 0 aliphatic carbocycles. The molecule has 0 bridgehead atoms. The first-order valence-electron chi connectivity index (χ1n) is 10.5. The van der Waals surface area contributed by atoms with Crippen molar-refractivity contribution in [3.05, 3.63) is 83.8 Å². The Bertz CT molecular complexity index is 1080. The Morgan fingerprint density at radius 1 is 1.09 bits per heavy atom. The van der Waals surface area contributed by atoms with Gasteiger partial charge in [-0.2, -0.15) is 5.10 Å². The fourth-order valence-corrected chi connectivity index (χ4v) is 4.04. The van der Waals surface area contributed by atoms with E-state index in [0.717, 1.165) is 5.56 Å². The SMILES string of the molecule is CO[C@@H](C(=O)Nc1ccnn1C1CCN(C(=O)c2cccc(F)c2)CC1)c1ccccc1. The van der Waals surface area contributed by atoms with Crippen molar-refractivity contribution in [3.63, 3.8) is 0 Å². The van der Waals surface area contributed by atoms with E-state index in [1.165, 1.54) is 25.3 Å². The molecule has 1 aromatic heterocycles. The minimum absolute atomic E-state index is 0.0366. The van der Waals surface area contributed by atoms with E-state index in [1.54, 1.807) is 27.9 Å². The highest BCUT2D eigenvalue weighted by atomic mass is 19.1. The number of carbonyl (C=O) groups excluding carboxylic acids is 2. The third-order valence-electron chi connectivity index (χ3n) is 5.67. The lowest BCUT2D eigenvalue weighted by Gasteiger charge is -2.33. The summed E-state index contributed by atoms with van der Waals surface area (Å²) >= 11 is 0. The van der Waals surface area contributed by atoms with Gasteiger partial charge in [0.05, 0.1) is 12.2 Å². The van der Waals surface area contributed by atoms with Crippen LogP contribution in [0.5, 0.6) is 0 Å². The van der Waals surface area contributed by atoms with E-state index in [9.17, 15) is 14.0 Å². The number of benzene rings is 2. The molecule has 0 unspecified atom stereocenters. The molecule has 0 spiro atoms. The number of amides is 2. The zero-order valence-electron chi connectivity index (χ0n) is 17.8. The van der Waals surface area contributed by atoms with Crippen molar-refractivity contribution in [1.82, 2.24) is 14.7 Å². The van der Waals surface area contributed by atoms with Crippen molar-refractivity contribution in [1.29, 1.82) is 0 Å². The maximum Gasteiger partial charge on any atom is 0.259 e. The first kappa shape index (κ1) is 21.7. The number of nitrogens with zero attached hydrogens (tertiary/aromatic N) is 3. The Kier molecular flexibility index (Phi) is 6.61. The topological polar surface area (TPSA) is 76.5 Å². The summed E-state index contributed by atoms with van der Waals surface area (Å²) < 4.78 is 20.7. The number of halogens is 1. The van der Waals surface area contributed by atoms with Crippen molar-refractivity contribution < 1.29 is 18.7 Å². The van der Waals surface area contributed by atoms with Gasteiger partial charge in [0.1, 0.15) is 11.6 Å². The van der Waals surface area contributed by atoms with E-state index in [2.05, 4.69) is 10.4 Å². The summed E-state index contributed by atoms with van der Waals surface area (Å²) in [6.07, 6.45) is 2.27. The summed E-state index contributed by atoms with van der Waals surface area (Å²) in [6, 6.07) is 16.8. The van der Waals surface area contributed by atoms with Crippen LogP contribution in [-0.4, -0.2) is 46.7 Å². The van der Waals surface area contributed by atoms with E-state index >= 15 is 0 Å². The summed E-state index contributed by atoms with van der Waals surface area (Å²) in [5.74, 6) is -0.294. The summed E-state index contributed by atoms with van der Waals surface area (Å²) in [5, 5.41) is 7.32. The van der Waals surface area contributed by atoms with Crippen molar-refractivity contribution in [2.45, 2.75) is 25.0 Å². The smallest absolute Gasteiger partial charge is 0.259 e. The molecule has 3 aromatic rings. The largest absolute Gasteiger partial charge is 0.367 e. The van der Waals surface area contributed by atoms with E-state index in [1.807, 2.05) is 30.3 Å². The van der Waals surface area contributed by atoms with Crippen LogP contribution in [0.3, 0.4) is 0 Å². The molecule has 166 valence electrons. The number of piperidine rings is 1. The minimum Gasteiger partial charge on any atom is -0.367 e. The molecule has 2 heterocycles. The van der Waals surface area contributed by atoms with Gasteiger partial charge >= 0.3 is 0 Å². The second-order valence-electron chi connectivity index (χ2n) is 7.71. The van der Waals surface area contributed by atoms with Gasteiger partial charge in [-0.05, 0) is 36.6 Å². The Morgan fingerprint density at radius 3 is 2.53 bits per heavy atom. The van der Waals surface area contributed by atoms with Gasteiger partial charge in [-0.15, -0.1) is 0 Å². The van der Waals surface area contributed by atoms with Crippen molar-refractivity contribution in [3.8, 4) is 0 Å². The molecule has 0 radical (unpaired) electrons. The molecule has 0 saturated carbocycles. The normalized spacial score (nSPS) is 15.4. The van der Waals surface area contributed by atoms with Crippen LogP contribution in [0.1, 0.15) is 40.9 Å². The quantitative estimate of drug-likeness (QED) is 0.637. The number of hydrogen-bond acceptors (Lipinski definition) is 4.